The number of aryl methyl sites for hydroxylation is 1. The number of nitrogens with one attached hydrogen (secondary N) is 2. The molecule has 0 bridgehead atoms. The highest BCUT2D eigenvalue weighted by atomic mass is 16.5. The Labute approximate surface area is 149 Å². The van der Waals surface area contributed by atoms with Crippen LogP contribution >= 0.6 is 0 Å². The van der Waals surface area contributed by atoms with Gasteiger partial charge in [0.1, 0.15) is 5.75 Å². The van der Waals surface area contributed by atoms with E-state index < -0.39 is 0 Å². The number of fused-ring (bicyclic) bond motifs is 1. The lowest BCUT2D eigenvalue weighted by molar-refractivity contribution is -0.121. The summed E-state index contributed by atoms with van der Waals surface area (Å²) in [5, 5.41) is 5.76. The van der Waals surface area contributed by atoms with E-state index in [2.05, 4.69) is 10.6 Å². The van der Waals surface area contributed by atoms with Gasteiger partial charge in [-0.15, -0.1) is 0 Å². The van der Waals surface area contributed by atoms with Gasteiger partial charge in [0.05, 0.1) is 6.61 Å². The number of hydrogen-bond donors (Lipinski definition) is 3. The first-order valence-electron chi connectivity index (χ1n) is 9.07. The van der Waals surface area contributed by atoms with Crippen LogP contribution in [-0.4, -0.2) is 30.5 Å². The first-order chi connectivity index (χ1) is 12.0. The van der Waals surface area contributed by atoms with Crippen molar-refractivity contribution in [2.45, 2.75) is 57.9 Å². The van der Waals surface area contributed by atoms with E-state index in [1.54, 1.807) is 0 Å². The van der Waals surface area contributed by atoms with Gasteiger partial charge in [0.15, 0.2) is 0 Å². The Hall–Kier alpha value is -2.08. The van der Waals surface area contributed by atoms with Crippen molar-refractivity contribution in [3.8, 4) is 5.75 Å². The molecule has 2 rings (SSSR count). The number of benzene rings is 1. The summed E-state index contributed by atoms with van der Waals surface area (Å²) < 4.78 is 5.72. The topological polar surface area (TPSA) is 93.4 Å². The van der Waals surface area contributed by atoms with E-state index in [-0.39, 0.29) is 17.4 Å². The van der Waals surface area contributed by atoms with Crippen molar-refractivity contribution in [2.24, 2.45) is 5.73 Å². The molecular weight excluding hydrogens is 318 g/mol. The second-order valence-electron chi connectivity index (χ2n) is 6.67. The van der Waals surface area contributed by atoms with Gasteiger partial charge < -0.3 is 21.1 Å². The predicted molar refractivity (Wildman–Crippen MR) is 98.6 cm³/mol. The smallest absolute Gasteiger partial charge is 0.224 e. The van der Waals surface area contributed by atoms with Crippen LogP contribution < -0.4 is 21.1 Å². The van der Waals surface area contributed by atoms with Crippen molar-refractivity contribution in [3.63, 3.8) is 0 Å². The van der Waals surface area contributed by atoms with Gasteiger partial charge in [-0.3, -0.25) is 9.59 Å². The number of amides is 2. The maximum absolute atomic E-state index is 11.9. The molecule has 1 aromatic carbocycles. The molecule has 1 aromatic rings. The third kappa shape index (κ3) is 5.74. The van der Waals surface area contributed by atoms with Crippen LogP contribution in [0.4, 0.5) is 5.69 Å². The van der Waals surface area contributed by atoms with Crippen LogP contribution in [0.1, 0.15) is 51.5 Å². The summed E-state index contributed by atoms with van der Waals surface area (Å²) in [6.07, 6.45) is 3.99. The summed E-state index contributed by atoms with van der Waals surface area (Å²) in [5.74, 6) is 0.835. The maximum Gasteiger partial charge on any atom is 0.224 e. The van der Waals surface area contributed by atoms with E-state index in [9.17, 15) is 9.59 Å². The summed E-state index contributed by atoms with van der Waals surface area (Å²) in [7, 11) is 0. The SMILES string of the molecule is CCC(N)(CC)CNC(=O)CCCOc1ccc2c(c1)CCC(=O)N2. The molecule has 0 aliphatic carbocycles. The van der Waals surface area contributed by atoms with Gasteiger partial charge in [0, 0.05) is 30.6 Å². The van der Waals surface area contributed by atoms with E-state index in [1.807, 2.05) is 32.0 Å². The highest BCUT2D eigenvalue weighted by molar-refractivity contribution is 5.94. The van der Waals surface area contributed by atoms with Gasteiger partial charge in [0.25, 0.3) is 0 Å². The molecule has 0 unspecified atom stereocenters. The van der Waals surface area contributed by atoms with E-state index in [0.717, 1.165) is 36.3 Å². The quantitative estimate of drug-likeness (QED) is 0.598. The van der Waals surface area contributed by atoms with Crippen molar-refractivity contribution in [1.82, 2.24) is 5.32 Å². The number of carbonyl (C=O) groups excluding carboxylic acids is 2. The maximum atomic E-state index is 11.9. The summed E-state index contributed by atoms with van der Waals surface area (Å²) in [6, 6.07) is 5.67. The Morgan fingerprint density at radius 3 is 2.80 bits per heavy atom. The molecule has 1 aliphatic heterocycles. The monoisotopic (exact) mass is 347 g/mol. The Morgan fingerprint density at radius 1 is 1.32 bits per heavy atom. The number of nitrogens with two attached hydrogens (primary N) is 1. The van der Waals surface area contributed by atoms with Crippen LogP contribution in [0.5, 0.6) is 5.75 Å². The van der Waals surface area contributed by atoms with Crippen molar-refractivity contribution >= 4 is 17.5 Å². The second kappa shape index (κ2) is 8.85. The van der Waals surface area contributed by atoms with Gasteiger partial charge in [-0.2, -0.15) is 0 Å². The molecule has 0 fully saturated rings. The van der Waals surface area contributed by atoms with E-state index in [1.165, 1.54) is 0 Å². The van der Waals surface area contributed by atoms with Gasteiger partial charge in [-0.05, 0) is 49.4 Å². The fraction of sp³-hybridized carbons (Fsp3) is 0.579. The summed E-state index contributed by atoms with van der Waals surface area (Å²) >= 11 is 0. The van der Waals surface area contributed by atoms with Crippen molar-refractivity contribution in [3.05, 3.63) is 23.8 Å². The van der Waals surface area contributed by atoms with Crippen LogP contribution in [0.15, 0.2) is 18.2 Å². The molecule has 0 saturated carbocycles. The Bertz CT molecular complexity index is 612. The minimum Gasteiger partial charge on any atom is -0.494 e. The van der Waals surface area contributed by atoms with Crippen LogP contribution in [-0.2, 0) is 16.0 Å². The summed E-state index contributed by atoms with van der Waals surface area (Å²) in [4.78, 5) is 23.2. The third-order valence-corrected chi connectivity index (χ3v) is 4.83. The lowest BCUT2D eigenvalue weighted by atomic mass is 9.94. The van der Waals surface area contributed by atoms with Gasteiger partial charge >= 0.3 is 0 Å². The standard InChI is InChI=1S/C19H29N3O3/c1-3-19(20,4-2)13-21-17(23)6-5-11-25-15-8-9-16-14(12-15)7-10-18(24)22-16/h8-9,12H,3-7,10-11,13,20H2,1-2H3,(H,21,23)(H,22,24). The molecule has 25 heavy (non-hydrogen) atoms. The average Bonchev–Trinajstić information content (AvgIpc) is 2.63. The second-order valence-corrected chi connectivity index (χ2v) is 6.67. The first-order valence-corrected chi connectivity index (χ1v) is 9.07. The largest absolute Gasteiger partial charge is 0.494 e. The molecule has 0 aromatic heterocycles. The molecule has 1 heterocycles. The van der Waals surface area contributed by atoms with E-state index in [4.69, 9.17) is 10.5 Å². The minimum absolute atomic E-state index is 0.00785. The molecule has 138 valence electrons. The van der Waals surface area contributed by atoms with Gasteiger partial charge in [-0.1, -0.05) is 13.8 Å². The Kier molecular flexibility index (Phi) is 6.82. The fourth-order valence-electron chi connectivity index (χ4n) is 2.74. The van der Waals surface area contributed by atoms with Gasteiger partial charge in [0.2, 0.25) is 11.8 Å². The molecule has 0 spiro atoms. The van der Waals surface area contributed by atoms with E-state index in [0.29, 0.717) is 32.4 Å². The third-order valence-electron chi connectivity index (χ3n) is 4.83. The normalized spacial score (nSPS) is 13.8. The van der Waals surface area contributed by atoms with Crippen LogP contribution in [0.3, 0.4) is 0 Å². The predicted octanol–water partition coefficient (Wildman–Crippen LogP) is 2.36. The van der Waals surface area contributed by atoms with Gasteiger partial charge in [-0.25, -0.2) is 0 Å². The average molecular weight is 347 g/mol. The molecule has 1 aliphatic rings. The molecule has 0 saturated heterocycles. The number of rotatable bonds is 9. The molecule has 4 N–H and O–H groups in total. The molecule has 6 heteroatoms. The van der Waals surface area contributed by atoms with Crippen molar-refractivity contribution in [2.75, 3.05) is 18.5 Å². The number of ether oxygens (including phenoxy) is 1. The Balaban J connectivity index is 1.69. The zero-order chi connectivity index (χ0) is 18.3. The highest BCUT2D eigenvalue weighted by Crippen LogP contribution is 2.26. The minimum atomic E-state index is -0.315. The summed E-state index contributed by atoms with van der Waals surface area (Å²) in [5.41, 5.74) is 7.81. The van der Waals surface area contributed by atoms with Crippen molar-refractivity contribution < 1.29 is 14.3 Å². The van der Waals surface area contributed by atoms with Crippen LogP contribution in [0.25, 0.3) is 0 Å². The van der Waals surface area contributed by atoms with E-state index >= 15 is 0 Å². The molecule has 6 nitrogen and oxygen atoms in total. The fourth-order valence-corrected chi connectivity index (χ4v) is 2.74. The number of hydrogen-bond acceptors (Lipinski definition) is 4. The zero-order valence-electron chi connectivity index (χ0n) is 15.2. The van der Waals surface area contributed by atoms with Crippen LogP contribution in [0.2, 0.25) is 0 Å². The molecule has 0 atom stereocenters. The summed E-state index contributed by atoms with van der Waals surface area (Å²) in [6.45, 7) is 5.06. The first kappa shape index (κ1) is 19.2. The highest BCUT2D eigenvalue weighted by Gasteiger charge is 2.20. The number of carbonyl (C=O) groups is 2. The molecule has 0 radical (unpaired) electrons. The number of anilines is 1. The Morgan fingerprint density at radius 2 is 2.08 bits per heavy atom. The zero-order valence-corrected chi connectivity index (χ0v) is 15.2. The molecule has 2 amide bonds. The van der Waals surface area contributed by atoms with Crippen LogP contribution in [0, 0.1) is 0 Å². The lowest BCUT2D eigenvalue weighted by Gasteiger charge is -2.26. The molecular formula is C19H29N3O3. The van der Waals surface area contributed by atoms with Crippen molar-refractivity contribution in [1.29, 1.82) is 0 Å². The lowest BCUT2D eigenvalue weighted by Crippen LogP contribution is -2.49.